The van der Waals surface area contributed by atoms with Crippen molar-refractivity contribution in [2.75, 3.05) is 33.3 Å². The van der Waals surface area contributed by atoms with E-state index in [1.807, 2.05) is 4.90 Å². The van der Waals surface area contributed by atoms with Crippen LogP contribution in [0, 0.1) is 0 Å². The smallest absolute Gasteiger partial charge is 0.257 e. The van der Waals surface area contributed by atoms with Crippen LogP contribution in [0.25, 0.3) is 0 Å². The van der Waals surface area contributed by atoms with Gasteiger partial charge in [0.15, 0.2) is 0 Å². The highest BCUT2D eigenvalue weighted by atomic mass is 35.5. The summed E-state index contributed by atoms with van der Waals surface area (Å²) in [4.78, 5) is 25.5. The molecule has 0 bridgehead atoms. The predicted octanol–water partition coefficient (Wildman–Crippen LogP) is 3.08. The molecule has 1 N–H and O–H groups in total. The Kier molecular flexibility index (Phi) is 4.86. The summed E-state index contributed by atoms with van der Waals surface area (Å²) < 4.78 is 5.36. The van der Waals surface area contributed by atoms with Crippen molar-refractivity contribution >= 4 is 17.5 Å². The average Bonchev–Trinajstić information content (AvgIpc) is 3.18. The molecule has 1 saturated heterocycles. The van der Waals surface area contributed by atoms with Crippen molar-refractivity contribution in [1.29, 1.82) is 0 Å². The third-order valence-corrected chi connectivity index (χ3v) is 6.28. The quantitative estimate of drug-likeness (QED) is 0.877. The van der Waals surface area contributed by atoms with Gasteiger partial charge in [0.2, 0.25) is 0 Å². The zero-order valence-electron chi connectivity index (χ0n) is 15.8. The second kappa shape index (κ2) is 7.17. The fourth-order valence-corrected chi connectivity index (χ4v) is 4.81. The summed E-state index contributed by atoms with van der Waals surface area (Å²) in [6, 6.07) is 5.18. The highest BCUT2D eigenvalue weighted by Gasteiger charge is 2.46. The Hall–Kier alpha value is -2.05. The maximum Gasteiger partial charge on any atom is 0.257 e. The highest BCUT2D eigenvalue weighted by molar-refractivity contribution is 6.31. The average molecular weight is 389 g/mol. The number of piperidine rings is 1. The number of carbonyl (C=O) groups excluding carboxylic acids is 1. The molecule has 0 aliphatic carbocycles. The van der Waals surface area contributed by atoms with Gasteiger partial charge in [0, 0.05) is 36.8 Å². The number of fused-ring (bicyclic) bond motifs is 2. The number of ether oxygens (including phenoxy) is 1. The van der Waals surface area contributed by atoms with Gasteiger partial charge in [0.1, 0.15) is 5.75 Å². The molecule has 4 rings (SSSR count). The maximum atomic E-state index is 13.1. The van der Waals surface area contributed by atoms with E-state index >= 15 is 0 Å². The van der Waals surface area contributed by atoms with Gasteiger partial charge in [0.05, 0.1) is 30.2 Å². The summed E-state index contributed by atoms with van der Waals surface area (Å²) >= 11 is 6.11. The zero-order chi connectivity index (χ0) is 19.0. The Balaban J connectivity index is 1.57. The molecule has 27 heavy (non-hydrogen) atoms. The van der Waals surface area contributed by atoms with Crippen LogP contribution < -0.4 is 4.74 Å². The first-order valence-electron chi connectivity index (χ1n) is 9.49. The van der Waals surface area contributed by atoms with Crippen molar-refractivity contribution in [2.24, 2.45) is 0 Å². The number of aromatic nitrogens is 2. The number of hydrogen-bond acceptors (Lipinski definition) is 4. The fourth-order valence-electron chi connectivity index (χ4n) is 4.63. The van der Waals surface area contributed by atoms with Crippen LogP contribution in [0.15, 0.2) is 24.5 Å². The van der Waals surface area contributed by atoms with E-state index in [0.29, 0.717) is 29.4 Å². The van der Waals surface area contributed by atoms with E-state index in [1.54, 1.807) is 31.6 Å². The SMILES string of the molecule is CCN1CCc2[nH]cnc2C12CCN(C(=O)c1cc(Cl)ccc1OC)CC2. The van der Waals surface area contributed by atoms with E-state index in [1.165, 1.54) is 11.4 Å². The fraction of sp³-hybridized carbons (Fsp3) is 0.500. The Bertz CT molecular complexity index is 842. The number of likely N-dealkylation sites (tertiary alicyclic amines) is 1. The summed E-state index contributed by atoms with van der Waals surface area (Å²) in [6.07, 6.45) is 4.58. The van der Waals surface area contributed by atoms with E-state index in [4.69, 9.17) is 16.3 Å². The second-order valence-electron chi connectivity index (χ2n) is 7.23. The van der Waals surface area contributed by atoms with Gasteiger partial charge in [-0.25, -0.2) is 4.98 Å². The molecule has 0 radical (unpaired) electrons. The molecule has 1 amide bonds. The molecule has 0 saturated carbocycles. The van der Waals surface area contributed by atoms with Gasteiger partial charge in [-0.15, -0.1) is 0 Å². The lowest BCUT2D eigenvalue weighted by Crippen LogP contribution is -2.57. The molecular formula is C20H25ClN4O2. The molecule has 7 heteroatoms. The minimum absolute atomic E-state index is 0.0229. The second-order valence-corrected chi connectivity index (χ2v) is 7.66. The van der Waals surface area contributed by atoms with Crippen LogP contribution in [0.3, 0.4) is 0 Å². The normalized spacial score (nSPS) is 19.1. The van der Waals surface area contributed by atoms with Crippen LogP contribution in [0.4, 0.5) is 0 Å². The summed E-state index contributed by atoms with van der Waals surface area (Å²) in [5.41, 5.74) is 2.87. The molecule has 144 valence electrons. The van der Waals surface area contributed by atoms with Crippen LogP contribution in [0.2, 0.25) is 5.02 Å². The number of benzene rings is 1. The van der Waals surface area contributed by atoms with Gasteiger partial charge in [-0.1, -0.05) is 18.5 Å². The summed E-state index contributed by atoms with van der Waals surface area (Å²) in [6.45, 7) is 5.60. The number of amides is 1. The number of halogens is 1. The molecule has 2 aromatic rings. The third kappa shape index (κ3) is 3.01. The van der Waals surface area contributed by atoms with Crippen LogP contribution in [0.1, 0.15) is 41.5 Å². The number of likely N-dealkylation sites (N-methyl/N-ethyl adjacent to an activating group) is 1. The van der Waals surface area contributed by atoms with E-state index in [0.717, 1.165) is 32.4 Å². The number of imidazole rings is 1. The topological polar surface area (TPSA) is 61.5 Å². The van der Waals surface area contributed by atoms with Crippen molar-refractivity contribution < 1.29 is 9.53 Å². The molecule has 6 nitrogen and oxygen atoms in total. The first-order chi connectivity index (χ1) is 13.1. The Morgan fingerprint density at radius 3 is 2.81 bits per heavy atom. The molecule has 0 unspecified atom stereocenters. The molecule has 1 fully saturated rings. The molecule has 1 aromatic heterocycles. The first kappa shape index (κ1) is 18.3. The number of H-pyrrole nitrogens is 1. The van der Waals surface area contributed by atoms with Crippen molar-refractivity contribution in [2.45, 2.75) is 31.7 Å². The van der Waals surface area contributed by atoms with Gasteiger partial charge in [-0.05, 0) is 37.6 Å². The molecule has 0 atom stereocenters. The van der Waals surface area contributed by atoms with Crippen molar-refractivity contribution in [3.63, 3.8) is 0 Å². The summed E-state index contributed by atoms with van der Waals surface area (Å²) in [7, 11) is 1.57. The number of hydrogen-bond donors (Lipinski definition) is 1. The summed E-state index contributed by atoms with van der Waals surface area (Å²) in [5.74, 6) is 0.539. The van der Waals surface area contributed by atoms with Crippen molar-refractivity contribution in [3.8, 4) is 5.75 Å². The number of aromatic amines is 1. The van der Waals surface area contributed by atoms with Gasteiger partial charge in [-0.2, -0.15) is 0 Å². The number of methoxy groups -OCH3 is 1. The van der Waals surface area contributed by atoms with E-state index < -0.39 is 0 Å². The zero-order valence-corrected chi connectivity index (χ0v) is 16.6. The van der Waals surface area contributed by atoms with Gasteiger partial charge in [-0.3, -0.25) is 9.69 Å². The first-order valence-corrected chi connectivity index (χ1v) is 9.87. The lowest BCUT2D eigenvalue weighted by atomic mass is 9.78. The standard InChI is InChI=1S/C20H25ClN4O2/c1-3-25-9-6-16-18(23-13-22-16)20(25)7-10-24(11-8-20)19(26)15-12-14(21)4-5-17(15)27-2/h4-5,12-13H,3,6-11H2,1-2H3,(H,22,23). The van der Waals surface area contributed by atoms with Crippen LogP contribution in [-0.2, 0) is 12.0 Å². The molecule has 2 aliphatic heterocycles. The van der Waals surface area contributed by atoms with Crippen molar-refractivity contribution in [1.82, 2.24) is 19.8 Å². The van der Waals surface area contributed by atoms with E-state index in [9.17, 15) is 4.79 Å². The molecular weight excluding hydrogens is 364 g/mol. The highest BCUT2D eigenvalue weighted by Crippen LogP contribution is 2.42. The lowest BCUT2D eigenvalue weighted by molar-refractivity contribution is 0.0102. The number of carbonyl (C=O) groups is 1. The van der Waals surface area contributed by atoms with Crippen LogP contribution in [-0.4, -0.2) is 59.0 Å². The minimum atomic E-state index is -0.0719. The molecule has 3 heterocycles. The Labute approximate surface area is 164 Å². The van der Waals surface area contributed by atoms with Crippen LogP contribution in [0.5, 0.6) is 5.75 Å². The van der Waals surface area contributed by atoms with Crippen molar-refractivity contribution in [3.05, 3.63) is 46.5 Å². The monoisotopic (exact) mass is 388 g/mol. The van der Waals surface area contributed by atoms with Gasteiger partial charge < -0.3 is 14.6 Å². The van der Waals surface area contributed by atoms with E-state index in [2.05, 4.69) is 21.8 Å². The lowest BCUT2D eigenvalue weighted by Gasteiger charge is -2.50. The number of rotatable bonds is 3. The number of nitrogens with one attached hydrogen (secondary N) is 1. The third-order valence-electron chi connectivity index (χ3n) is 6.05. The van der Waals surface area contributed by atoms with Crippen LogP contribution >= 0.6 is 11.6 Å². The minimum Gasteiger partial charge on any atom is -0.496 e. The Morgan fingerprint density at radius 1 is 1.33 bits per heavy atom. The van der Waals surface area contributed by atoms with Gasteiger partial charge >= 0.3 is 0 Å². The maximum absolute atomic E-state index is 13.1. The van der Waals surface area contributed by atoms with E-state index in [-0.39, 0.29) is 11.4 Å². The molecule has 1 aromatic carbocycles. The Morgan fingerprint density at radius 2 is 2.11 bits per heavy atom. The summed E-state index contributed by atoms with van der Waals surface area (Å²) in [5, 5.41) is 0.540. The molecule has 1 spiro atoms. The molecule has 2 aliphatic rings. The number of nitrogens with zero attached hydrogens (tertiary/aromatic N) is 3. The largest absolute Gasteiger partial charge is 0.496 e. The predicted molar refractivity (Wildman–Crippen MR) is 104 cm³/mol. The van der Waals surface area contributed by atoms with Gasteiger partial charge in [0.25, 0.3) is 5.91 Å².